The van der Waals surface area contributed by atoms with Crippen LogP contribution in [0.5, 0.6) is 5.88 Å². The van der Waals surface area contributed by atoms with Crippen LogP contribution in [-0.2, 0) is 6.42 Å². The fourth-order valence-electron chi connectivity index (χ4n) is 1.14. The van der Waals surface area contributed by atoms with E-state index in [0.717, 1.165) is 0 Å². The van der Waals surface area contributed by atoms with E-state index in [1.165, 1.54) is 6.07 Å². The van der Waals surface area contributed by atoms with Gasteiger partial charge in [-0.05, 0) is 4.92 Å². The normalized spacial score (nSPS) is 10.8. The number of nitrogens with zero attached hydrogens (tertiary/aromatic N) is 2. The third kappa shape index (κ3) is 3.21. The highest BCUT2D eigenvalue weighted by Crippen LogP contribution is 2.23. The minimum absolute atomic E-state index is 0.396. The van der Waals surface area contributed by atoms with Crippen LogP contribution in [0.3, 0.4) is 0 Å². The van der Waals surface area contributed by atoms with Gasteiger partial charge in [-0.2, -0.15) is 5.26 Å². The Morgan fingerprint density at radius 1 is 1.56 bits per heavy atom. The summed E-state index contributed by atoms with van der Waals surface area (Å²) in [6, 6.07) is 1.90. The monoisotopic (exact) mass is 263 g/mol. The SMILES string of the molecule is N#CCc1c([N+](=O)[O-])[nH]c(OC(F)(F)F)cc1=O. The Labute approximate surface area is 96.6 Å². The van der Waals surface area contributed by atoms with E-state index in [0.29, 0.717) is 6.07 Å². The Morgan fingerprint density at radius 2 is 2.17 bits per heavy atom. The van der Waals surface area contributed by atoms with Crippen molar-refractivity contribution in [3.8, 4) is 11.9 Å². The molecule has 1 N–H and O–H groups in total. The van der Waals surface area contributed by atoms with Gasteiger partial charge in [0.1, 0.15) is 5.56 Å². The molecule has 1 aromatic heterocycles. The van der Waals surface area contributed by atoms with Crippen LogP contribution in [0.4, 0.5) is 19.0 Å². The number of H-pyrrole nitrogens is 1. The van der Waals surface area contributed by atoms with E-state index in [1.54, 1.807) is 4.98 Å². The smallest absolute Gasteiger partial charge is 0.370 e. The molecule has 0 aromatic carbocycles. The van der Waals surface area contributed by atoms with E-state index < -0.39 is 40.4 Å². The minimum atomic E-state index is -5.09. The number of nitriles is 1. The molecule has 0 atom stereocenters. The number of nitro groups is 1. The lowest BCUT2D eigenvalue weighted by molar-refractivity contribution is -0.390. The van der Waals surface area contributed by atoms with Crippen molar-refractivity contribution in [3.05, 3.63) is 32.0 Å². The van der Waals surface area contributed by atoms with Crippen molar-refractivity contribution < 1.29 is 22.8 Å². The first kappa shape index (κ1) is 13.5. The Bertz CT molecular complexity index is 572. The summed E-state index contributed by atoms with van der Waals surface area (Å²) in [4.78, 5) is 22.5. The van der Waals surface area contributed by atoms with Gasteiger partial charge >= 0.3 is 12.2 Å². The quantitative estimate of drug-likeness (QED) is 0.651. The molecule has 7 nitrogen and oxygen atoms in total. The number of aromatic amines is 1. The summed E-state index contributed by atoms with van der Waals surface area (Å²) in [7, 11) is 0. The van der Waals surface area contributed by atoms with Crippen LogP contribution in [0, 0.1) is 21.4 Å². The lowest BCUT2D eigenvalue weighted by Crippen LogP contribution is -2.21. The minimum Gasteiger partial charge on any atom is -0.370 e. The van der Waals surface area contributed by atoms with Crippen molar-refractivity contribution in [3.63, 3.8) is 0 Å². The topological polar surface area (TPSA) is 109 Å². The summed E-state index contributed by atoms with van der Waals surface area (Å²) in [6.45, 7) is 0. The molecule has 1 aromatic rings. The van der Waals surface area contributed by atoms with E-state index in [1.807, 2.05) is 0 Å². The highest BCUT2D eigenvalue weighted by atomic mass is 19.4. The number of nitrogens with one attached hydrogen (secondary N) is 1. The highest BCUT2D eigenvalue weighted by molar-refractivity contribution is 5.37. The van der Waals surface area contributed by atoms with Crippen molar-refractivity contribution in [1.29, 1.82) is 5.26 Å². The molecule has 0 saturated carbocycles. The molecule has 0 amide bonds. The number of ether oxygens (including phenoxy) is 1. The molecule has 1 heterocycles. The maximum absolute atomic E-state index is 11.9. The van der Waals surface area contributed by atoms with Crippen LogP contribution in [0.2, 0.25) is 0 Å². The van der Waals surface area contributed by atoms with Gasteiger partial charge in [-0.25, -0.2) is 4.98 Å². The van der Waals surface area contributed by atoms with Crippen LogP contribution < -0.4 is 10.2 Å². The third-order valence-electron chi connectivity index (χ3n) is 1.75. The van der Waals surface area contributed by atoms with Gasteiger partial charge < -0.3 is 14.9 Å². The second-order valence-corrected chi connectivity index (χ2v) is 2.96. The molecule has 0 spiro atoms. The molecule has 0 aliphatic heterocycles. The number of aromatic nitrogens is 1. The Balaban J connectivity index is 3.33. The molecular formula is C8H4F3N3O4. The third-order valence-corrected chi connectivity index (χ3v) is 1.75. The molecule has 0 unspecified atom stereocenters. The van der Waals surface area contributed by atoms with Crippen LogP contribution in [-0.4, -0.2) is 16.3 Å². The first-order valence-electron chi connectivity index (χ1n) is 4.28. The average Bonchev–Trinajstić information content (AvgIpc) is 2.19. The van der Waals surface area contributed by atoms with Crippen molar-refractivity contribution in [1.82, 2.24) is 4.98 Å². The standard InChI is InChI=1S/C8H4F3N3O4/c9-8(10,11)18-6-3-5(15)4(1-2-12)7(13-6)14(16)17/h3H,1H2,(H,13,15). The van der Waals surface area contributed by atoms with E-state index in [2.05, 4.69) is 4.74 Å². The molecule has 18 heavy (non-hydrogen) atoms. The Morgan fingerprint density at radius 3 is 2.61 bits per heavy atom. The number of rotatable bonds is 3. The summed E-state index contributed by atoms with van der Waals surface area (Å²) >= 11 is 0. The molecule has 1 rings (SSSR count). The van der Waals surface area contributed by atoms with Crippen LogP contribution in [0.15, 0.2) is 10.9 Å². The molecule has 0 aliphatic carbocycles. The first-order chi connectivity index (χ1) is 8.24. The molecule has 0 fully saturated rings. The predicted octanol–water partition coefficient (Wildman–Crippen LogP) is 1.25. The van der Waals surface area contributed by atoms with E-state index in [9.17, 15) is 28.1 Å². The summed E-state index contributed by atoms with van der Waals surface area (Å²) in [5.41, 5.74) is -1.61. The fraction of sp³-hybridized carbons (Fsp3) is 0.250. The van der Waals surface area contributed by atoms with Gasteiger partial charge in [0.15, 0.2) is 5.43 Å². The van der Waals surface area contributed by atoms with E-state index >= 15 is 0 Å². The van der Waals surface area contributed by atoms with Gasteiger partial charge in [0.05, 0.1) is 18.6 Å². The van der Waals surface area contributed by atoms with E-state index in [-0.39, 0.29) is 0 Å². The van der Waals surface area contributed by atoms with Crippen molar-refractivity contribution in [2.24, 2.45) is 0 Å². The molecule has 0 bridgehead atoms. The zero-order valence-electron chi connectivity index (χ0n) is 8.45. The van der Waals surface area contributed by atoms with Gasteiger partial charge in [-0.1, -0.05) is 0 Å². The zero-order chi connectivity index (χ0) is 13.9. The molecular weight excluding hydrogens is 259 g/mol. The fourth-order valence-corrected chi connectivity index (χ4v) is 1.14. The molecule has 0 saturated heterocycles. The molecule has 10 heteroatoms. The number of halogens is 3. The molecule has 0 radical (unpaired) electrons. The summed E-state index contributed by atoms with van der Waals surface area (Å²) in [5, 5.41) is 18.9. The van der Waals surface area contributed by atoms with Crippen molar-refractivity contribution in [2.45, 2.75) is 12.8 Å². The van der Waals surface area contributed by atoms with Gasteiger partial charge in [0.25, 0.3) is 5.88 Å². The maximum atomic E-state index is 11.9. The molecule has 0 aliphatic rings. The number of hydrogen-bond donors (Lipinski definition) is 1. The van der Waals surface area contributed by atoms with Crippen LogP contribution in [0.25, 0.3) is 0 Å². The second-order valence-electron chi connectivity index (χ2n) is 2.96. The summed E-state index contributed by atoms with van der Waals surface area (Å²) in [6.07, 6.45) is -5.69. The maximum Gasteiger partial charge on any atom is 0.575 e. The Hall–Kier alpha value is -2.57. The predicted molar refractivity (Wildman–Crippen MR) is 49.7 cm³/mol. The van der Waals surface area contributed by atoms with Crippen molar-refractivity contribution in [2.75, 3.05) is 0 Å². The first-order valence-corrected chi connectivity index (χ1v) is 4.28. The van der Waals surface area contributed by atoms with Gasteiger partial charge in [0, 0.05) is 0 Å². The van der Waals surface area contributed by atoms with Crippen LogP contribution in [0.1, 0.15) is 5.56 Å². The van der Waals surface area contributed by atoms with Crippen molar-refractivity contribution >= 4 is 5.82 Å². The zero-order valence-corrected chi connectivity index (χ0v) is 8.45. The number of hydrogen-bond acceptors (Lipinski definition) is 5. The highest BCUT2D eigenvalue weighted by Gasteiger charge is 2.34. The second kappa shape index (κ2) is 4.74. The van der Waals surface area contributed by atoms with Gasteiger partial charge in [-0.3, -0.25) is 4.79 Å². The Kier molecular flexibility index (Phi) is 3.55. The lowest BCUT2D eigenvalue weighted by atomic mass is 10.2. The number of alkyl halides is 3. The largest absolute Gasteiger partial charge is 0.575 e. The van der Waals surface area contributed by atoms with Gasteiger partial charge in [0.2, 0.25) is 0 Å². The van der Waals surface area contributed by atoms with Gasteiger partial charge in [-0.15, -0.1) is 13.2 Å². The lowest BCUT2D eigenvalue weighted by Gasteiger charge is -2.07. The van der Waals surface area contributed by atoms with Crippen LogP contribution >= 0.6 is 0 Å². The molecule has 96 valence electrons. The average molecular weight is 263 g/mol. The number of pyridine rings is 1. The summed E-state index contributed by atoms with van der Waals surface area (Å²) in [5.74, 6) is -2.11. The summed E-state index contributed by atoms with van der Waals surface area (Å²) < 4.78 is 39.0. The van der Waals surface area contributed by atoms with E-state index in [4.69, 9.17) is 5.26 Å².